The van der Waals surface area contributed by atoms with Crippen molar-refractivity contribution in [2.45, 2.75) is 32.6 Å². The number of nitrogens with zero attached hydrogens (tertiary/aromatic N) is 1. The molecule has 0 N–H and O–H groups in total. The summed E-state index contributed by atoms with van der Waals surface area (Å²) in [7, 11) is 1.68. The highest BCUT2D eigenvalue weighted by Gasteiger charge is 2.32. The zero-order valence-corrected chi connectivity index (χ0v) is 9.73. The van der Waals surface area contributed by atoms with Gasteiger partial charge in [-0.15, -0.1) is 0 Å². The molecule has 1 saturated carbocycles. The average Bonchev–Trinajstić information content (AvgIpc) is 2.16. The number of aromatic nitrogens is 1. The lowest BCUT2D eigenvalue weighted by Crippen LogP contribution is -2.26. The van der Waals surface area contributed by atoms with Gasteiger partial charge in [0.1, 0.15) is 5.75 Å². The van der Waals surface area contributed by atoms with Crippen LogP contribution in [-0.2, 0) is 0 Å². The van der Waals surface area contributed by atoms with Crippen LogP contribution in [0, 0.1) is 11.8 Å². The van der Waals surface area contributed by atoms with Gasteiger partial charge in [-0.2, -0.15) is 0 Å². The molecule has 1 aromatic heterocycles. The lowest BCUT2D eigenvalue weighted by Gasteiger charge is -2.37. The first kappa shape index (κ1) is 10.5. The summed E-state index contributed by atoms with van der Waals surface area (Å²) in [6, 6.07) is 4.10. The van der Waals surface area contributed by atoms with E-state index in [-0.39, 0.29) is 0 Å². The van der Waals surface area contributed by atoms with Gasteiger partial charge in [-0.3, -0.25) is 4.98 Å². The molecule has 0 bridgehead atoms. The molecule has 2 rings (SSSR count). The molecule has 0 unspecified atom stereocenters. The second-order valence-electron chi connectivity index (χ2n) is 4.80. The van der Waals surface area contributed by atoms with Crippen LogP contribution >= 0.6 is 0 Å². The first-order valence-corrected chi connectivity index (χ1v) is 5.70. The van der Waals surface area contributed by atoms with Gasteiger partial charge >= 0.3 is 0 Å². The quantitative estimate of drug-likeness (QED) is 0.755. The molecule has 1 aromatic rings. The third-order valence-corrected chi connectivity index (χ3v) is 3.53. The highest BCUT2D eigenvalue weighted by Crippen LogP contribution is 2.44. The second-order valence-corrected chi connectivity index (χ2v) is 4.80. The first-order chi connectivity index (χ1) is 7.20. The summed E-state index contributed by atoms with van der Waals surface area (Å²) in [5, 5.41) is 0. The maximum atomic E-state index is 5.10. The summed E-state index contributed by atoms with van der Waals surface area (Å²) >= 11 is 0. The van der Waals surface area contributed by atoms with E-state index in [1.807, 2.05) is 12.3 Å². The van der Waals surface area contributed by atoms with E-state index >= 15 is 0 Å². The first-order valence-electron chi connectivity index (χ1n) is 5.70. The molecule has 1 aliphatic rings. The number of hydrogen-bond acceptors (Lipinski definition) is 2. The molecule has 0 aliphatic heterocycles. The van der Waals surface area contributed by atoms with E-state index in [0.29, 0.717) is 5.92 Å². The second kappa shape index (κ2) is 4.21. The van der Waals surface area contributed by atoms with E-state index in [1.165, 1.54) is 18.5 Å². The topological polar surface area (TPSA) is 22.1 Å². The van der Waals surface area contributed by atoms with Crippen LogP contribution in [0.15, 0.2) is 18.3 Å². The summed E-state index contributed by atoms with van der Waals surface area (Å²) < 4.78 is 5.10. The minimum absolute atomic E-state index is 0.684. The van der Waals surface area contributed by atoms with Crippen molar-refractivity contribution in [3.05, 3.63) is 24.0 Å². The summed E-state index contributed by atoms with van der Waals surface area (Å²) in [6.07, 6.45) is 4.42. The maximum Gasteiger partial charge on any atom is 0.137 e. The zero-order chi connectivity index (χ0) is 10.8. The van der Waals surface area contributed by atoms with E-state index in [0.717, 1.165) is 17.6 Å². The summed E-state index contributed by atoms with van der Waals surface area (Å²) in [5.74, 6) is 3.25. The fourth-order valence-electron chi connectivity index (χ4n) is 2.20. The van der Waals surface area contributed by atoms with Crippen LogP contribution in [0.5, 0.6) is 5.75 Å². The number of pyridine rings is 1. The van der Waals surface area contributed by atoms with Gasteiger partial charge in [-0.05, 0) is 36.8 Å². The van der Waals surface area contributed by atoms with Crippen molar-refractivity contribution in [2.75, 3.05) is 7.11 Å². The van der Waals surface area contributed by atoms with Crippen molar-refractivity contribution >= 4 is 0 Å². The smallest absolute Gasteiger partial charge is 0.137 e. The molecule has 15 heavy (non-hydrogen) atoms. The molecule has 0 atom stereocenters. The minimum Gasteiger partial charge on any atom is -0.495 e. The van der Waals surface area contributed by atoms with E-state index < -0.39 is 0 Å². The maximum absolute atomic E-state index is 5.10. The summed E-state index contributed by atoms with van der Waals surface area (Å²) in [4.78, 5) is 4.44. The fourth-order valence-corrected chi connectivity index (χ4v) is 2.20. The lowest BCUT2D eigenvalue weighted by molar-refractivity contribution is 0.193. The third kappa shape index (κ3) is 2.14. The number of methoxy groups -OCH3 is 1. The van der Waals surface area contributed by atoms with Gasteiger partial charge in [-0.1, -0.05) is 13.8 Å². The standard InChI is InChI=1S/C13H19NO/c1-9(2)10-6-11(7-10)13-5-4-12(15-3)8-14-13/h4-5,8-11H,6-7H2,1-3H3. The molecular formula is C13H19NO. The number of rotatable bonds is 3. The molecule has 0 amide bonds. The van der Waals surface area contributed by atoms with Crippen LogP contribution in [0.4, 0.5) is 0 Å². The predicted octanol–water partition coefficient (Wildman–Crippen LogP) is 3.24. The Labute approximate surface area is 91.7 Å². The van der Waals surface area contributed by atoms with Crippen LogP contribution in [-0.4, -0.2) is 12.1 Å². The van der Waals surface area contributed by atoms with E-state index in [2.05, 4.69) is 24.9 Å². The van der Waals surface area contributed by atoms with Crippen molar-refractivity contribution < 1.29 is 4.74 Å². The van der Waals surface area contributed by atoms with Gasteiger partial charge < -0.3 is 4.74 Å². The van der Waals surface area contributed by atoms with Crippen LogP contribution in [0.25, 0.3) is 0 Å². The lowest BCUT2D eigenvalue weighted by atomic mass is 9.68. The Kier molecular flexibility index (Phi) is 2.94. The molecule has 1 aliphatic carbocycles. The Bertz CT molecular complexity index is 312. The zero-order valence-electron chi connectivity index (χ0n) is 9.73. The van der Waals surface area contributed by atoms with Gasteiger partial charge in [0.25, 0.3) is 0 Å². The Hall–Kier alpha value is -1.05. The van der Waals surface area contributed by atoms with Gasteiger partial charge in [0.15, 0.2) is 0 Å². The van der Waals surface area contributed by atoms with Crippen LogP contribution in [0.2, 0.25) is 0 Å². The molecule has 0 aromatic carbocycles. The molecule has 2 nitrogen and oxygen atoms in total. The van der Waals surface area contributed by atoms with Crippen molar-refractivity contribution in [3.63, 3.8) is 0 Å². The van der Waals surface area contributed by atoms with Gasteiger partial charge in [0.2, 0.25) is 0 Å². The number of hydrogen-bond donors (Lipinski definition) is 0. The van der Waals surface area contributed by atoms with E-state index in [4.69, 9.17) is 4.74 Å². The van der Waals surface area contributed by atoms with Crippen molar-refractivity contribution in [3.8, 4) is 5.75 Å². The molecule has 0 saturated heterocycles. The Morgan fingerprint density at radius 1 is 1.33 bits per heavy atom. The fraction of sp³-hybridized carbons (Fsp3) is 0.615. The van der Waals surface area contributed by atoms with E-state index in [9.17, 15) is 0 Å². The van der Waals surface area contributed by atoms with Gasteiger partial charge in [0, 0.05) is 11.6 Å². The summed E-state index contributed by atoms with van der Waals surface area (Å²) in [5.41, 5.74) is 1.23. The SMILES string of the molecule is COc1ccc(C2CC(C(C)C)C2)nc1. The minimum atomic E-state index is 0.684. The highest BCUT2D eigenvalue weighted by atomic mass is 16.5. The Morgan fingerprint density at radius 3 is 2.53 bits per heavy atom. The molecule has 1 heterocycles. The Balaban J connectivity index is 1.95. The largest absolute Gasteiger partial charge is 0.495 e. The monoisotopic (exact) mass is 205 g/mol. The number of ether oxygens (including phenoxy) is 1. The van der Waals surface area contributed by atoms with E-state index in [1.54, 1.807) is 7.11 Å². The average molecular weight is 205 g/mol. The molecule has 82 valence electrons. The molecule has 2 heteroatoms. The van der Waals surface area contributed by atoms with Crippen molar-refractivity contribution in [1.82, 2.24) is 4.98 Å². The van der Waals surface area contributed by atoms with Gasteiger partial charge in [-0.25, -0.2) is 0 Å². The molecular weight excluding hydrogens is 186 g/mol. The molecule has 1 fully saturated rings. The van der Waals surface area contributed by atoms with Crippen LogP contribution in [0.3, 0.4) is 0 Å². The predicted molar refractivity (Wildman–Crippen MR) is 61.1 cm³/mol. The van der Waals surface area contributed by atoms with Crippen LogP contribution < -0.4 is 4.74 Å². The summed E-state index contributed by atoms with van der Waals surface area (Å²) in [6.45, 7) is 4.62. The van der Waals surface area contributed by atoms with Gasteiger partial charge in [0.05, 0.1) is 13.3 Å². The molecule has 0 spiro atoms. The van der Waals surface area contributed by atoms with Crippen LogP contribution in [0.1, 0.15) is 38.3 Å². The molecule has 0 radical (unpaired) electrons. The normalized spacial score (nSPS) is 25.1. The van der Waals surface area contributed by atoms with Crippen molar-refractivity contribution in [2.24, 2.45) is 11.8 Å². The Morgan fingerprint density at radius 2 is 2.07 bits per heavy atom. The van der Waals surface area contributed by atoms with Crippen molar-refractivity contribution in [1.29, 1.82) is 0 Å². The third-order valence-electron chi connectivity index (χ3n) is 3.53. The highest BCUT2D eigenvalue weighted by molar-refractivity contribution is 5.23.